The van der Waals surface area contributed by atoms with Crippen LogP contribution in [0.5, 0.6) is 5.88 Å². The molecule has 0 saturated carbocycles. The smallest absolute Gasteiger partial charge is 0.388 e. The molecule has 0 N–H and O–H groups in total. The Kier molecular flexibility index (Phi) is 3.53. The monoisotopic (exact) mass is 255 g/mol. The lowest BCUT2D eigenvalue weighted by Crippen LogP contribution is -2.05. The molecule has 0 aliphatic heterocycles. The van der Waals surface area contributed by atoms with Crippen molar-refractivity contribution in [2.75, 3.05) is 0 Å². The molecule has 0 aromatic carbocycles. The minimum atomic E-state index is -2.94. The van der Waals surface area contributed by atoms with E-state index >= 15 is 0 Å². The fourth-order valence-electron chi connectivity index (χ4n) is 0.715. The highest BCUT2D eigenvalue weighted by molar-refractivity contribution is 9.08. The second kappa shape index (κ2) is 4.45. The van der Waals surface area contributed by atoms with Crippen molar-refractivity contribution in [3.63, 3.8) is 0 Å². The molecule has 1 heterocycles. The van der Waals surface area contributed by atoms with E-state index in [9.17, 15) is 13.2 Å². The molecule has 0 bridgehead atoms. The average molecular weight is 256 g/mol. The lowest BCUT2D eigenvalue weighted by Gasteiger charge is -2.04. The number of hydrogen-bond acceptors (Lipinski definition) is 2. The summed E-state index contributed by atoms with van der Waals surface area (Å²) >= 11 is 2.96. The van der Waals surface area contributed by atoms with Crippen molar-refractivity contribution in [1.82, 2.24) is 4.98 Å². The Labute approximate surface area is 80.9 Å². The second-order valence-corrected chi connectivity index (χ2v) is 2.65. The summed E-state index contributed by atoms with van der Waals surface area (Å²) in [5.41, 5.74) is 0.0400. The Morgan fingerprint density at radius 3 is 2.69 bits per heavy atom. The summed E-state index contributed by atoms with van der Waals surface area (Å²) in [6, 6.07) is 2.08. The zero-order chi connectivity index (χ0) is 9.84. The highest BCUT2D eigenvalue weighted by Gasteiger charge is 2.08. The van der Waals surface area contributed by atoms with Gasteiger partial charge in [0.25, 0.3) is 0 Å². The van der Waals surface area contributed by atoms with Crippen molar-refractivity contribution in [1.29, 1.82) is 0 Å². The summed E-state index contributed by atoms with van der Waals surface area (Å²) in [6.45, 7) is -2.94. The molecule has 0 atom stereocenters. The fraction of sp³-hybridized carbons (Fsp3) is 0.286. The van der Waals surface area contributed by atoms with Crippen molar-refractivity contribution in [3.05, 3.63) is 23.6 Å². The molecule has 13 heavy (non-hydrogen) atoms. The van der Waals surface area contributed by atoms with Crippen LogP contribution in [0, 0.1) is 5.82 Å². The highest BCUT2D eigenvalue weighted by atomic mass is 79.9. The number of nitrogens with zero attached hydrogens (tertiary/aromatic N) is 1. The van der Waals surface area contributed by atoms with Crippen LogP contribution in [0.4, 0.5) is 13.2 Å². The van der Waals surface area contributed by atoms with Gasteiger partial charge in [0.15, 0.2) is 0 Å². The van der Waals surface area contributed by atoms with Gasteiger partial charge in [-0.15, -0.1) is 0 Å². The van der Waals surface area contributed by atoms with Crippen LogP contribution >= 0.6 is 15.9 Å². The van der Waals surface area contributed by atoms with Gasteiger partial charge >= 0.3 is 6.61 Å². The van der Waals surface area contributed by atoms with E-state index in [2.05, 4.69) is 25.7 Å². The minimum absolute atomic E-state index is 0.0400. The van der Waals surface area contributed by atoms with E-state index in [1.54, 1.807) is 0 Å². The molecule has 0 spiro atoms. The molecule has 1 aromatic rings. The molecular formula is C7H5BrF3NO. The molecular weight excluding hydrogens is 251 g/mol. The van der Waals surface area contributed by atoms with Crippen molar-refractivity contribution in [2.45, 2.75) is 11.9 Å². The van der Waals surface area contributed by atoms with E-state index in [4.69, 9.17) is 0 Å². The maximum atomic E-state index is 12.8. The van der Waals surface area contributed by atoms with E-state index in [0.717, 1.165) is 12.1 Å². The van der Waals surface area contributed by atoms with Crippen molar-refractivity contribution in [2.24, 2.45) is 0 Å². The predicted molar refractivity (Wildman–Crippen MR) is 43.5 cm³/mol. The SMILES string of the molecule is Fc1ccc(OC(F)F)nc1CBr. The zero-order valence-corrected chi connectivity index (χ0v) is 7.89. The summed E-state index contributed by atoms with van der Waals surface area (Å²) in [4.78, 5) is 3.51. The van der Waals surface area contributed by atoms with Gasteiger partial charge in [-0.1, -0.05) is 15.9 Å². The Hall–Kier alpha value is -0.780. The summed E-state index contributed by atoms with van der Waals surface area (Å²) in [5, 5.41) is 0.152. The Bertz CT molecular complexity index is 295. The first-order valence-corrected chi connectivity index (χ1v) is 4.42. The van der Waals surface area contributed by atoms with Crippen LogP contribution in [0.1, 0.15) is 5.69 Å². The molecule has 1 aromatic heterocycles. The molecule has 0 aliphatic carbocycles. The largest absolute Gasteiger partial charge is 0.417 e. The number of rotatable bonds is 3. The zero-order valence-electron chi connectivity index (χ0n) is 6.31. The lowest BCUT2D eigenvalue weighted by molar-refractivity contribution is -0.0530. The van der Waals surface area contributed by atoms with Gasteiger partial charge in [-0.25, -0.2) is 9.37 Å². The molecule has 0 aliphatic rings. The maximum absolute atomic E-state index is 12.8. The normalized spacial score (nSPS) is 10.5. The van der Waals surface area contributed by atoms with Crippen LogP contribution in [-0.2, 0) is 5.33 Å². The average Bonchev–Trinajstić information content (AvgIpc) is 2.07. The molecule has 0 saturated heterocycles. The Morgan fingerprint density at radius 1 is 1.46 bits per heavy atom. The molecule has 0 fully saturated rings. The van der Waals surface area contributed by atoms with Crippen LogP contribution in [0.15, 0.2) is 12.1 Å². The number of ether oxygens (including phenoxy) is 1. The third-order valence-corrected chi connectivity index (χ3v) is 1.76. The van der Waals surface area contributed by atoms with Crippen LogP contribution in [0.25, 0.3) is 0 Å². The number of alkyl halides is 3. The Balaban J connectivity index is 2.86. The molecule has 1 rings (SSSR count). The van der Waals surface area contributed by atoms with Gasteiger partial charge in [-0.05, 0) is 6.07 Å². The predicted octanol–water partition coefficient (Wildman–Crippen LogP) is 2.72. The van der Waals surface area contributed by atoms with E-state index in [0.29, 0.717) is 0 Å². The number of pyridine rings is 1. The van der Waals surface area contributed by atoms with Crippen molar-refractivity contribution < 1.29 is 17.9 Å². The number of halogens is 4. The van der Waals surface area contributed by atoms with Crippen LogP contribution < -0.4 is 4.74 Å². The maximum Gasteiger partial charge on any atom is 0.388 e. The summed E-state index contributed by atoms with van der Waals surface area (Å²) in [6.07, 6.45) is 0. The third-order valence-electron chi connectivity index (χ3n) is 1.23. The quantitative estimate of drug-likeness (QED) is 0.775. The van der Waals surface area contributed by atoms with Crippen molar-refractivity contribution >= 4 is 15.9 Å². The number of hydrogen-bond donors (Lipinski definition) is 0. The van der Waals surface area contributed by atoms with E-state index < -0.39 is 12.4 Å². The molecule has 0 amide bonds. The van der Waals surface area contributed by atoms with Crippen LogP contribution in [-0.4, -0.2) is 11.6 Å². The van der Waals surface area contributed by atoms with Crippen LogP contribution in [0.3, 0.4) is 0 Å². The van der Waals surface area contributed by atoms with Gasteiger partial charge in [-0.2, -0.15) is 8.78 Å². The third kappa shape index (κ3) is 2.87. The van der Waals surface area contributed by atoms with Crippen LogP contribution in [0.2, 0.25) is 0 Å². The van der Waals surface area contributed by atoms with Gasteiger partial charge in [0.05, 0.1) is 5.69 Å². The van der Waals surface area contributed by atoms with E-state index in [1.807, 2.05) is 0 Å². The first kappa shape index (κ1) is 10.3. The topological polar surface area (TPSA) is 22.1 Å². The minimum Gasteiger partial charge on any atom is -0.417 e. The molecule has 72 valence electrons. The van der Waals surface area contributed by atoms with Gasteiger partial charge in [0.1, 0.15) is 5.82 Å². The summed E-state index contributed by atoms with van der Waals surface area (Å²) < 4.78 is 40.1. The standard InChI is InChI=1S/C7H5BrF3NO/c8-3-5-4(9)1-2-6(12-5)13-7(10)11/h1-2,7H,3H2. The van der Waals surface area contributed by atoms with Gasteiger partial charge in [0, 0.05) is 11.4 Å². The first-order chi connectivity index (χ1) is 6.13. The molecule has 6 heteroatoms. The second-order valence-electron chi connectivity index (χ2n) is 2.09. The molecule has 0 unspecified atom stereocenters. The summed E-state index contributed by atoms with van der Waals surface area (Å²) in [7, 11) is 0. The van der Waals surface area contributed by atoms with Gasteiger partial charge in [0.2, 0.25) is 5.88 Å². The highest BCUT2D eigenvalue weighted by Crippen LogP contribution is 2.15. The van der Waals surface area contributed by atoms with Gasteiger partial charge < -0.3 is 4.74 Å². The van der Waals surface area contributed by atoms with Gasteiger partial charge in [-0.3, -0.25) is 0 Å². The first-order valence-electron chi connectivity index (χ1n) is 3.29. The summed E-state index contributed by atoms with van der Waals surface area (Å²) in [5.74, 6) is -0.843. The fourth-order valence-corrected chi connectivity index (χ4v) is 1.11. The van der Waals surface area contributed by atoms with E-state index in [1.165, 1.54) is 0 Å². The van der Waals surface area contributed by atoms with E-state index in [-0.39, 0.29) is 16.9 Å². The van der Waals surface area contributed by atoms with Crippen molar-refractivity contribution in [3.8, 4) is 5.88 Å². The molecule has 0 radical (unpaired) electrons. The molecule has 2 nitrogen and oxygen atoms in total. The lowest BCUT2D eigenvalue weighted by atomic mass is 10.3. The number of aromatic nitrogens is 1. The Morgan fingerprint density at radius 2 is 2.15 bits per heavy atom.